The van der Waals surface area contributed by atoms with Crippen molar-refractivity contribution in [3.63, 3.8) is 0 Å². The Morgan fingerprint density at radius 2 is 0.717 bits per heavy atom. The maximum absolute atomic E-state index is 10.3. The second-order valence-electron chi connectivity index (χ2n) is 15.8. The van der Waals surface area contributed by atoms with Gasteiger partial charge in [-0.15, -0.1) is 0 Å². The molecule has 0 bridgehead atoms. The van der Waals surface area contributed by atoms with Crippen LogP contribution in [0, 0.1) is 0 Å². The van der Waals surface area contributed by atoms with E-state index in [0.717, 1.165) is 61.2 Å². The Labute approximate surface area is 357 Å². The first-order chi connectivity index (χ1) is 31.2. The fourth-order valence-electron chi connectivity index (χ4n) is 9.27. The zero-order chi connectivity index (χ0) is 43.5. The van der Waals surface area contributed by atoms with Crippen LogP contribution in [0.1, 0.15) is 53.3 Å². The molecule has 0 amide bonds. The Hall–Kier alpha value is -7.23. The smallest absolute Gasteiger partial charge is 0.164 e. The van der Waals surface area contributed by atoms with Crippen LogP contribution in [0.5, 0.6) is 0 Å². The molecule has 11 rings (SSSR count). The van der Waals surface area contributed by atoms with Crippen molar-refractivity contribution in [2.45, 2.75) is 36.4 Å². The van der Waals surface area contributed by atoms with Gasteiger partial charge in [0.1, 0.15) is 0 Å². The summed E-state index contributed by atoms with van der Waals surface area (Å²) in [5.74, 6) is 1.78. The molecular weight excluding hydrogens is 727 g/mol. The molecule has 2 aliphatic carbocycles. The standard InChI is InChI=1S/C57H43N3/c1-5-17-40(18-6-1)53-58-54(41-19-7-2-8-20-41)60-55(59-53)46-24-16-23-44(38-46)42-21-15-22-43(37-42)45-31-32-50-49-29-13-14-30-51(49)57(52(50)39-45)35-33-56(34-36-57,47-25-9-3-10-26-47)48-27-11-4-12-28-48/h1-32,37-39H,33-36H2/i35D2,36D2. The largest absolute Gasteiger partial charge is 0.208 e. The van der Waals surface area contributed by atoms with Gasteiger partial charge in [-0.2, -0.15) is 0 Å². The van der Waals surface area contributed by atoms with Gasteiger partial charge in [-0.3, -0.25) is 0 Å². The number of benzene rings is 8. The topological polar surface area (TPSA) is 38.7 Å². The molecule has 1 saturated carbocycles. The fraction of sp³-hybridized carbons (Fsp3) is 0.105. The fourth-order valence-corrected chi connectivity index (χ4v) is 9.27. The van der Waals surface area contributed by atoms with Gasteiger partial charge in [-0.05, 0) is 99.4 Å². The second kappa shape index (κ2) is 14.9. The van der Waals surface area contributed by atoms with Crippen LogP contribution in [0.4, 0.5) is 0 Å². The van der Waals surface area contributed by atoms with Gasteiger partial charge in [0.2, 0.25) is 0 Å². The van der Waals surface area contributed by atoms with E-state index < -0.39 is 23.6 Å². The number of fused-ring (bicyclic) bond motifs is 5. The van der Waals surface area contributed by atoms with E-state index in [0.29, 0.717) is 28.6 Å². The van der Waals surface area contributed by atoms with Crippen molar-refractivity contribution >= 4 is 0 Å². The average molecular weight is 774 g/mol. The van der Waals surface area contributed by atoms with Crippen LogP contribution in [-0.4, -0.2) is 15.0 Å². The lowest BCUT2D eigenvalue weighted by Gasteiger charge is -2.47. The number of nitrogens with zero attached hydrogens (tertiary/aromatic N) is 3. The molecule has 3 nitrogen and oxygen atoms in total. The van der Waals surface area contributed by atoms with E-state index in [9.17, 15) is 5.48 Å². The van der Waals surface area contributed by atoms with Gasteiger partial charge < -0.3 is 0 Å². The van der Waals surface area contributed by atoms with Gasteiger partial charge in [0.15, 0.2) is 17.5 Å². The van der Waals surface area contributed by atoms with Crippen LogP contribution in [-0.2, 0) is 10.8 Å². The van der Waals surface area contributed by atoms with Gasteiger partial charge in [-0.1, -0.05) is 194 Å². The van der Waals surface area contributed by atoms with Crippen LogP contribution in [0.2, 0.25) is 0 Å². The molecule has 0 saturated heterocycles. The lowest BCUT2D eigenvalue weighted by Crippen LogP contribution is -2.40. The normalized spacial score (nSPS) is 17.3. The third-order valence-electron chi connectivity index (χ3n) is 12.4. The van der Waals surface area contributed by atoms with Crippen molar-refractivity contribution in [1.82, 2.24) is 15.0 Å². The molecular formula is C57H43N3. The predicted molar refractivity (Wildman–Crippen MR) is 245 cm³/mol. The zero-order valence-corrected chi connectivity index (χ0v) is 33.0. The van der Waals surface area contributed by atoms with E-state index in [4.69, 9.17) is 15.0 Å². The summed E-state index contributed by atoms with van der Waals surface area (Å²) in [5, 5.41) is 0. The van der Waals surface area contributed by atoms with Gasteiger partial charge in [0, 0.05) is 33.0 Å². The highest BCUT2D eigenvalue weighted by Gasteiger charge is 2.50. The van der Waals surface area contributed by atoms with Crippen molar-refractivity contribution in [2.75, 3.05) is 0 Å². The molecule has 2 aliphatic rings. The summed E-state index contributed by atoms with van der Waals surface area (Å²) >= 11 is 0. The summed E-state index contributed by atoms with van der Waals surface area (Å²) in [6.45, 7) is 0. The van der Waals surface area contributed by atoms with E-state index in [1.807, 2.05) is 164 Å². The minimum absolute atomic E-state index is 0.109. The first-order valence-electron chi connectivity index (χ1n) is 22.6. The molecule has 8 aromatic carbocycles. The SMILES string of the molecule is [2H]C1([2H])CC(c2ccccc2)(c2ccccc2)CC([2H])([2H])C12c1ccccc1-c1ccc(-c3cccc(-c4cccc(-c5nc(-c6ccccc6)nc(-c6ccccc6)n5)c4)c3)cc12. The summed E-state index contributed by atoms with van der Waals surface area (Å²) in [6, 6.07) is 70.6. The summed E-state index contributed by atoms with van der Waals surface area (Å²) in [5.41, 5.74) is 9.07. The molecule has 60 heavy (non-hydrogen) atoms. The Kier molecular flexibility index (Phi) is 7.86. The highest BCUT2D eigenvalue weighted by Crippen LogP contribution is 2.60. The van der Waals surface area contributed by atoms with Crippen LogP contribution in [0.25, 0.3) is 67.5 Å². The van der Waals surface area contributed by atoms with E-state index in [1.54, 1.807) is 0 Å². The maximum Gasteiger partial charge on any atom is 0.164 e. The zero-order valence-electron chi connectivity index (χ0n) is 37.0. The van der Waals surface area contributed by atoms with Crippen LogP contribution >= 0.6 is 0 Å². The van der Waals surface area contributed by atoms with E-state index in [1.165, 1.54) is 0 Å². The average Bonchev–Trinajstić information content (AvgIpc) is 3.66. The van der Waals surface area contributed by atoms with E-state index >= 15 is 0 Å². The molecule has 1 aromatic heterocycles. The predicted octanol–water partition coefficient (Wildman–Crippen LogP) is 14.0. The number of aromatic nitrogens is 3. The van der Waals surface area contributed by atoms with Gasteiger partial charge in [0.05, 0.1) is 0 Å². The van der Waals surface area contributed by atoms with Crippen molar-refractivity contribution in [3.8, 4) is 67.5 Å². The highest BCUT2D eigenvalue weighted by atomic mass is 15.0. The Bertz CT molecular complexity index is 3060. The Balaban J connectivity index is 1.01. The minimum atomic E-state index is -2.02. The monoisotopic (exact) mass is 773 g/mol. The molecule has 1 fully saturated rings. The number of rotatable bonds is 7. The van der Waals surface area contributed by atoms with Crippen molar-refractivity contribution in [1.29, 1.82) is 0 Å². The van der Waals surface area contributed by atoms with Crippen molar-refractivity contribution < 1.29 is 5.48 Å². The molecule has 0 unspecified atom stereocenters. The molecule has 0 aliphatic heterocycles. The molecule has 1 spiro atoms. The molecule has 3 heteroatoms. The summed E-state index contributed by atoms with van der Waals surface area (Å²) < 4.78 is 41.2. The number of hydrogen-bond donors (Lipinski definition) is 0. The Morgan fingerprint density at radius 1 is 0.317 bits per heavy atom. The first-order valence-corrected chi connectivity index (χ1v) is 20.6. The summed E-state index contributed by atoms with van der Waals surface area (Å²) in [7, 11) is 0. The van der Waals surface area contributed by atoms with Crippen LogP contribution in [0.15, 0.2) is 212 Å². The third kappa shape index (κ3) is 6.17. The van der Waals surface area contributed by atoms with E-state index in [2.05, 4.69) is 48.5 Å². The first kappa shape index (κ1) is 31.7. The van der Waals surface area contributed by atoms with Crippen LogP contribution in [0.3, 0.4) is 0 Å². The highest BCUT2D eigenvalue weighted by molar-refractivity contribution is 5.85. The lowest BCUT2D eigenvalue weighted by molar-refractivity contribution is 0.261. The van der Waals surface area contributed by atoms with Gasteiger partial charge in [-0.25, -0.2) is 15.0 Å². The Morgan fingerprint density at radius 3 is 1.27 bits per heavy atom. The number of hydrogen-bond acceptors (Lipinski definition) is 3. The second-order valence-corrected chi connectivity index (χ2v) is 15.8. The third-order valence-corrected chi connectivity index (χ3v) is 12.4. The summed E-state index contributed by atoms with van der Waals surface area (Å²) in [6.07, 6.45) is -3.81. The minimum Gasteiger partial charge on any atom is -0.208 e. The van der Waals surface area contributed by atoms with Gasteiger partial charge in [0.25, 0.3) is 0 Å². The van der Waals surface area contributed by atoms with Gasteiger partial charge >= 0.3 is 0 Å². The van der Waals surface area contributed by atoms with Crippen molar-refractivity contribution in [2.24, 2.45) is 0 Å². The molecule has 1 heterocycles. The maximum atomic E-state index is 10.3. The van der Waals surface area contributed by atoms with Crippen molar-refractivity contribution in [3.05, 3.63) is 235 Å². The quantitative estimate of drug-likeness (QED) is 0.162. The molecule has 286 valence electrons. The van der Waals surface area contributed by atoms with Crippen LogP contribution < -0.4 is 0 Å². The molecule has 0 radical (unpaired) electrons. The molecule has 9 aromatic rings. The lowest BCUT2D eigenvalue weighted by atomic mass is 9.56. The van der Waals surface area contributed by atoms with E-state index in [-0.39, 0.29) is 12.8 Å². The molecule has 0 atom stereocenters. The molecule has 0 N–H and O–H groups in total. The summed E-state index contributed by atoms with van der Waals surface area (Å²) in [4.78, 5) is 14.8.